The van der Waals surface area contributed by atoms with Gasteiger partial charge < -0.3 is 14.3 Å². The van der Waals surface area contributed by atoms with Gasteiger partial charge in [0, 0.05) is 16.9 Å². The summed E-state index contributed by atoms with van der Waals surface area (Å²) in [6.45, 7) is 4.09. The molecule has 202 valence electrons. The Morgan fingerprint density at radius 3 is 2.59 bits per heavy atom. The van der Waals surface area contributed by atoms with Crippen LogP contribution >= 0.6 is 0 Å². The van der Waals surface area contributed by atoms with Gasteiger partial charge in [0.05, 0.1) is 18.4 Å². The molecule has 0 N–H and O–H groups in total. The summed E-state index contributed by atoms with van der Waals surface area (Å²) in [5.74, 6) is 2.42. The van der Waals surface area contributed by atoms with Gasteiger partial charge >= 0.3 is 0 Å². The van der Waals surface area contributed by atoms with E-state index >= 15 is 0 Å². The van der Waals surface area contributed by atoms with E-state index in [1.54, 1.807) is 18.0 Å². The highest BCUT2D eigenvalue weighted by Gasteiger charge is 2.34. The van der Waals surface area contributed by atoms with E-state index in [-0.39, 0.29) is 12.5 Å². The Balaban J connectivity index is 1.29. The quantitative estimate of drug-likeness (QED) is 0.170. The third-order valence-electron chi connectivity index (χ3n) is 7.45. The molecule has 0 unspecified atom stereocenters. The minimum Gasteiger partial charge on any atom is -0.497 e. The monoisotopic (exact) mass is 541 g/mol. The fourth-order valence-corrected chi connectivity index (χ4v) is 5.33. The van der Waals surface area contributed by atoms with Gasteiger partial charge in [0.25, 0.3) is 0 Å². The number of aryl methyl sites for hydroxylation is 1. The number of aromatic nitrogens is 4. The van der Waals surface area contributed by atoms with Crippen LogP contribution < -0.4 is 9.47 Å². The summed E-state index contributed by atoms with van der Waals surface area (Å²) < 4.78 is 13.6. The first kappa shape index (κ1) is 24.8. The number of ether oxygens (including phenoxy) is 2. The number of hydrogen-bond donors (Lipinski definition) is 0. The summed E-state index contributed by atoms with van der Waals surface area (Å²) in [4.78, 5) is 15.2. The zero-order valence-corrected chi connectivity index (χ0v) is 22.9. The second-order valence-corrected chi connectivity index (χ2v) is 10.1. The molecule has 0 fully saturated rings. The van der Waals surface area contributed by atoms with Crippen molar-refractivity contribution in [3.8, 4) is 17.4 Å². The third kappa shape index (κ3) is 4.43. The van der Waals surface area contributed by atoms with Crippen molar-refractivity contribution in [2.45, 2.75) is 26.4 Å². The van der Waals surface area contributed by atoms with Gasteiger partial charge in [0.2, 0.25) is 5.88 Å². The average Bonchev–Trinajstić information content (AvgIpc) is 3.43. The number of nitrogens with zero attached hydrogens (tertiary/aromatic N) is 5. The van der Waals surface area contributed by atoms with Crippen LogP contribution in [0, 0.1) is 6.92 Å². The Kier molecular flexibility index (Phi) is 6.08. The molecular formula is C33H27N5O3. The van der Waals surface area contributed by atoms with Gasteiger partial charge in [-0.3, -0.25) is 0 Å². The normalized spacial score (nSPS) is 14.4. The van der Waals surface area contributed by atoms with Crippen LogP contribution in [0.4, 0.5) is 0 Å². The molecule has 1 atom stereocenters. The average molecular weight is 542 g/mol. The van der Waals surface area contributed by atoms with Gasteiger partial charge in [-0.15, -0.1) is 5.10 Å². The zero-order chi connectivity index (χ0) is 27.9. The van der Waals surface area contributed by atoms with E-state index in [2.05, 4.69) is 70.7 Å². The predicted octanol–water partition coefficient (Wildman–Crippen LogP) is 6.82. The van der Waals surface area contributed by atoms with Crippen molar-refractivity contribution >= 4 is 22.1 Å². The molecule has 8 nitrogen and oxygen atoms in total. The highest BCUT2D eigenvalue weighted by molar-refractivity contribution is 5.98. The van der Waals surface area contributed by atoms with Gasteiger partial charge in [0.1, 0.15) is 17.8 Å². The van der Waals surface area contributed by atoms with E-state index in [0.717, 1.165) is 50.2 Å². The van der Waals surface area contributed by atoms with Crippen LogP contribution in [0.2, 0.25) is 0 Å². The van der Waals surface area contributed by atoms with Gasteiger partial charge in [-0.05, 0) is 42.5 Å². The van der Waals surface area contributed by atoms with Crippen LogP contribution in [0.1, 0.15) is 46.5 Å². The maximum absolute atomic E-state index is 6.50. The first-order valence-electron chi connectivity index (χ1n) is 13.4. The lowest BCUT2D eigenvalue weighted by Gasteiger charge is -2.28. The van der Waals surface area contributed by atoms with Crippen molar-refractivity contribution in [1.82, 2.24) is 19.6 Å². The molecule has 0 radical (unpaired) electrons. The Labute approximate surface area is 236 Å². The van der Waals surface area contributed by atoms with Crippen molar-refractivity contribution < 1.29 is 14.3 Å². The maximum atomic E-state index is 6.50. The van der Waals surface area contributed by atoms with Gasteiger partial charge in [-0.1, -0.05) is 83.5 Å². The Morgan fingerprint density at radius 2 is 1.78 bits per heavy atom. The second-order valence-electron chi connectivity index (χ2n) is 10.1. The minimum absolute atomic E-state index is 0.120. The van der Waals surface area contributed by atoms with Crippen LogP contribution in [0.25, 0.3) is 16.4 Å². The van der Waals surface area contributed by atoms with Crippen molar-refractivity contribution in [3.05, 3.63) is 125 Å². The number of benzene rings is 4. The summed E-state index contributed by atoms with van der Waals surface area (Å²) in [6.07, 6.45) is 1.63. The molecule has 1 aliphatic rings. The zero-order valence-electron chi connectivity index (χ0n) is 22.9. The van der Waals surface area contributed by atoms with Crippen LogP contribution in [0.3, 0.4) is 0 Å². The van der Waals surface area contributed by atoms with Gasteiger partial charge in [-0.2, -0.15) is 0 Å². The lowest BCUT2D eigenvalue weighted by molar-refractivity contribution is 0.125. The number of hydrogen-bond acceptors (Lipinski definition) is 7. The second kappa shape index (κ2) is 10.1. The first-order chi connectivity index (χ1) is 20.1. The molecule has 0 aliphatic carbocycles. The summed E-state index contributed by atoms with van der Waals surface area (Å²) in [5.41, 5.74) is 6.59. The number of oxime groups is 1. The molecule has 6 aromatic rings. The summed E-state index contributed by atoms with van der Waals surface area (Å²) in [6, 6.07) is 28.7. The molecule has 4 aromatic carbocycles. The van der Waals surface area contributed by atoms with Gasteiger partial charge in [0.15, 0.2) is 18.1 Å². The largest absolute Gasteiger partial charge is 0.497 e. The van der Waals surface area contributed by atoms with Crippen molar-refractivity contribution in [2.75, 3.05) is 7.11 Å². The topological polar surface area (TPSA) is 83.1 Å². The van der Waals surface area contributed by atoms with E-state index in [1.807, 2.05) is 43.3 Å². The lowest BCUT2D eigenvalue weighted by Crippen LogP contribution is -2.15. The summed E-state index contributed by atoms with van der Waals surface area (Å²) in [5, 5.41) is 11.1. The molecule has 0 amide bonds. The molecule has 8 heteroatoms. The molecule has 0 saturated heterocycles. The SMILES string of the molecule is COc1ccc([C@H]2c3ccc4ccccc4c3Oc3ncn4nc(CO/N=C(\C)c5ccc(C)cc5)nc4c32)cc1. The molecule has 7 rings (SSSR count). The Hall–Kier alpha value is -5.24. The number of methoxy groups -OCH3 is 1. The first-order valence-corrected chi connectivity index (χ1v) is 13.4. The van der Waals surface area contributed by atoms with Crippen molar-refractivity contribution in [1.29, 1.82) is 0 Å². The highest BCUT2D eigenvalue weighted by Crippen LogP contribution is 2.50. The van der Waals surface area contributed by atoms with Crippen molar-refractivity contribution in [2.24, 2.45) is 5.16 Å². The molecule has 41 heavy (non-hydrogen) atoms. The molecule has 1 aliphatic heterocycles. The van der Waals surface area contributed by atoms with Crippen molar-refractivity contribution in [3.63, 3.8) is 0 Å². The molecule has 3 heterocycles. The van der Waals surface area contributed by atoms with Crippen LogP contribution in [-0.4, -0.2) is 32.4 Å². The number of rotatable bonds is 6. The molecule has 2 aromatic heterocycles. The fraction of sp³-hybridized carbons (Fsp3) is 0.152. The third-order valence-corrected chi connectivity index (χ3v) is 7.45. The molecule has 0 spiro atoms. The van der Waals surface area contributed by atoms with Gasteiger partial charge in [-0.25, -0.2) is 14.5 Å². The Bertz CT molecular complexity index is 1930. The van der Waals surface area contributed by atoms with E-state index in [9.17, 15) is 0 Å². The maximum Gasteiger partial charge on any atom is 0.228 e. The van der Waals surface area contributed by atoms with E-state index in [1.165, 1.54) is 5.56 Å². The molecular weight excluding hydrogens is 514 g/mol. The van der Waals surface area contributed by atoms with E-state index in [4.69, 9.17) is 19.3 Å². The van der Waals surface area contributed by atoms with Crippen LogP contribution in [0.15, 0.2) is 96.4 Å². The fourth-order valence-electron chi connectivity index (χ4n) is 5.33. The van der Waals surface area contributed by atoms with Crippen LogP contribution in [-0.2, 0) is 11.4 Å². The lowest BCUT2D eigenvalue weighted by atomic mass is 9.83. The number of fused-ring (bicyclic) bond motifs is 6. The summed E-state index contributed by atoms with van der Waals surface area (Å²) in [7, 11) is 1.67. The minimum atomic E-state index is -0.180. The highest BCUT2D eigenvalue weighted by atomic mass is 16.6. The van der Waals surface area contributed by atoms with E-state index < -0.39 is 0 Å². The Morgan fingerprint density at radius 1 is 0.976 bits per heavy atom. The molecule has 0 saturated carbocycles. The summed E-state index contributed by atoms with van der Waals surface area (Å²) >= 11 is 0. The molecule has 0 bridgehead atoms. The van der Waals surface area contributed by atoms with Crippen LogP contribution in [0.5, 0.6) is 17.4 Å². The smallest absolute Gasteiger partial charge is 0.228 e. The van der Waals surface area contributed by atoms with E-state index in [0.29, 0.717) is 17.4 Å². The predicted molar refractivity (Wildman–Crippen MR) is 157 cm³/mol. The standard InChI is InChI=1S/C33H27N5O3/c1-20-8-10-22(11-9-20)21(2)37-40-18-28-35-32-30-29(24-12-15-25(39-3)16-13-24)27-17-14-23-6-4-5-7-26(23)31(27)41-33(30)34-19-38(32)36-28/h4-17,19,29H,18H2,1-3H3/b37-21+/t29-/m0/s1.